The van der Waals surface area contributed by atoms with E-state index in [0.717, 1.165) is 11.3 Å². The first-order valence-electron chi connectivity index (χ1n) is 4.22. The highest BCUT2D eigenvalue weighted by Gasteiger charge is 2.20. The summed E-state index contributed by atoms with van der Waals surface area (Å²) in [6.45, 7) is 0. The largest absolute Gasteiger partial charge is 0.430 e. The van der Waals surface area contributed by atoms with Gasteiger partial charge in [-0.2, -0.15) is 9.37 Å². The van der Waals surface area contributed by atoms with Gasteiger partial charge in [-0.05, 0) is 18.4 Å². The SMILES string of the molecule is CSc1nc(C(N)=O)c(-c2ccc(F)s2)o1. The number of carbonyl (C=O) groups excluding carboxylic acids is 1. The van der Waals surface area contributed by atoms with Crippen LogP contribution in [0.25, 0.3) is 10.6 Å². The topological polar surface area (TPSA) is 69.1 Å². The van der Waals surface area contributed by atoms with Crippen LogP contribution in [0.2, 0.25) is 0 Å². The minimum Gasteiger partial charge on any atom is -0.430 e. The molecule has 7 heteroatoms. The summed E-state index contributed by atoms with van der Waals surface area (Å²) < 4.78 is 18.2. The molecule has 2 aromatic rings. The van der Waals surface area contributed by atoms with Crippen LogP contribution < -0.4 is 5.73 Å². The van der Waals surface area contributed by atoms with E-state index in [9.17, 15) is 9.18 Å². The molecule has 0 aliphatic heterocycles. The van der Waals surface area contributed by atoms with Gasteiger partial charge in [0.15, 0.2) is 16.6 Å². The first-order valence-corrected chi connectivity index (χ1v) is 6.26. The molecule has 2 rings (SSSR count). The molecule has 0 aliphatic carbocycles. The van der Waals surface area contributed by atoms with Gasteiger partial charge in [0, 0.05) is 0 Å². The summed E-state index contributed by atoms with van der Waals surface area (Å²) in [7, 11) is 0. The number of halogens is 1. The second-order valence-electron chi connectivity index (χ2n) is 2.83. The molecule has 0 spiro atoms. The van der Waals surface area contributed by atoms with E-state index in [-0.39, 0.29) is 16.6 Å². The second kappa shape index (κ2) is 4.26. The number of carbonyl (C=O) groups is 1. The zero-order valence-electron chi connectivity index (χ0n) is 8.19. The van der Waals surface area contributed by atoms with E-state index in [0.29, 0.717) is 10.1 Å². The highest BCUT2D eigenvalue weighted by molar-refractivity contribution is 7.98. The molecule has 4 nitrogen and oxygen atoms in total. The standard InChI is InChI=1S/C9H7FN2O2S2/c1-15-9-12-6(8(11)13)7(14-9)4-2-3-5(10)16-4/h2-3H,1H3,(H2,11,13). The molecule has 0 radical (unpaired) electrons. The minimum absolute atomic E-state index is 0.0335. The maximum atomic E-state index is 12.9. The van der Waals surface area contributed by atoms with Crippen LogP contribution in [0.4, 0.5) is 4.39 Å². The van der Waals surface area contributed by atoms with Gasteiger partial charge in [-0.3, -0.25) is 4.79 Å². The number of oxazole rings is 1. The Labute approximate surface area is 98.7 Å². The fraction of sp³-hybridized carbons (Fsp3) is 0.111. The molecule has 2 aromatic heterocycles. The minimum atomic E-state index is -0.687. The fourth-order valence-electron chi connectivity index (χ4n) is 1.16. The van der Waals surface area contributed by atoms with E-state index >= 15 is 0 Å². The Balaban J connectivity index is 2.54. The van der Waals surface area contributed by atoms with Crippen molar-refractivity contribution in [1.82, 2.24) is 4.98 Å². The Morgan fingerprint density at radius 2 is 2.38 bits per heavy atom. The molecular formula is C9H7FN2O2S2. The predicted molar refractivity (Wildman–Crippen MR) is 60.1 cm³/mol. The second-order valence-corrected chi connectivity index (χ2v) is 4.62. The van der Waals surface area contributed by atoms with Crippen LogP contribution in [0.5, 0.6) is 0 Å². The number of nitrogens with two attached hydrogens (primary N) is 1. The van der Waals surface area contributed by atoms with E-state index in [4.69, 9.17) is 10.2 Å². The van der Waals surface area contributed by atoms with Gasteiger partial charge in [0.1, 0.15) is 0 Å². The van der Waals surface area contributed by atoms with Gasteiger partial charge in [-0.1, -0.05) is 11.8 Å². The number of amides is 1. The number of nitrogens with zero attached hydrogens (tertiary/aromatic N) is 1. The maximum absolute atomic E-state index is 12.9. The quantitative estimate of drug-likeness (QED) is 0.858. The van der Waals surface area contributed by atoms with Crippen molar-refractivity contribution < 1.29 is 13.6 Å². The van der Waals surface area contributed by atoms with Gasteiger partial charge in [0.05, 0.1) is 4.88 Å². The smallest absolute Gasteiger partial charge is 0.271 e. The third kappa shape index (κ3) is 1.96. The van der Waals surface area contributed by atoms with Crippen LogP contribution in [0.3, 0.4) is 0 Å². The molecule has 84 valence electrons. The van der Waals surface area contributed by atoms with Crippen molar-refractivity contribution in [3.63, 3.8) is 0 Å². The van der Waals surface area contributed by atoms with Gasteiger partial charge >= 0.3 is 0 Å². The molecule has 1 amide bonds. The number of thiophene rings is 1. The number of hydrogen-bond donors (Lipinski definition) is 1. The first kappa shape index (κ1) is 11.2. The molecule has 2 heterocycles. The van der Waals surface area contributed by atoms with Crippen molar-refractivity contribution in [2.75, 3.05) is 6.26 Å². The van der Waals surface area contributed by atoms with Gasteiger partial charge in [-0.15, -0.1) is 11.3 Å². The molecule has 16 heavy (non-hydrogen) atoms. The molecule has 0 fully saturated rings. The Hall–Kier alpha value is -1.34. The van der Waals surface area contributed by atoms with Crippen LogP contribution in [0.1, 0.15) is 10.5 Å². The number of hydrogen-bond acceptors (Lipinski definition) is 5. The van der Waals surface area contributed by atoms with E-state index in [1.54, 1.807) is 6.26 Å². The molecule has 0 unspecified atom stereocenters. The highest BCUT2D eigenvalue weighted by atomic mass is 32.2. The van der Waals surface area contributed by atoms with Crippen LogP contribution in [0, 0.1) is 5.13 Å². The van der Waals surface area contributed by atoms with Crippen LogP contribution in [-0.2, 0) is 0 Å². The lowest BCUT2D eigenvalue weighted by molar-refractivity contribution is 0.0996. The zero-order valence-corrected chi connectivity index (χ0v) is 9.82. The van der Waals surface area contributed by atoms with Crippen molar-refractivity contribution >= 4 is 29.0 Å². The highest BCUT2D eigenvalue weighted by Crippen LogP contribution is 2.32. The molecule has 0 saturated heterocycles. The Morgan fingerprint density at radius 3 is 2.88 bits per heavy atom. The molecule has 0 atom stereocenters. The van der Waals surface area contributed by atoms with E-state index in [1.807, 2.05) is 0 Å². The monoisotopic (exact) mass is 258 g/mol. The summed E-state index contributed by atoms with van der Waals surface area (Å²) in [6, 6.07) is 2.82. The van der Waals surface area contributed by atoms with Crippen molar-refractivity contribution in [3.05, 3.63) is 23.0 Å². The number of rotatable bonds is 3. The summed E-state index contributed by atoms with van der Waals surface area (Å²) in [5.41, 5.74) is 5.20. The molecule has 0 bridgehead atoms. The number of aromatic nitrogens is 1. The Kier molecular flexibility index (Phi) is 2.97. The molecular weight excluding hydrogens is 251 g/mol. The van der Waals surface area contributed by atoms with Crippen molar-refractivity contribution in [3.8, 4) is 10.6 Å². The van der Waals surface area contributed by atoms with Crippen LogP contribution in [0.15, 0.2) is 21.8 Å². The third-order valence-electron chi connectivity index (χ3n) is 1.81. The third-order valence-corrected chi connectivity index (χ3v) is 3.21. The average Bonchev–Trinajstić information content (AvgIpc) is 2.82. The van der Waals surface area contributed by atoms with E-state index < -0.39 is 5.91 Å². The summed E-state index contributed by atoms with van der Waals surface area (Å²) in [5.74, 6) is -0.460. The lowest BCUT2D eigenvalue weighted by Crippen LogP contribution is -2.12. The predicted octanol–water partition coefficient (Wildman–Crippen LogP) is 2.36. The summed E-state index contributed by atoms with van der Waals surface area (Å²) in [5, 5.41) is -0.0230. The molecule has 2 N–H and O–H groups in total. The van der Waals surface area contributed by atoms with Gasteiger partial charge in [-0.25, -0.2) is 0 Å². The Morgan fingerprint density at radius 1 is 1.62 bits per heavy atom. The summed E-state index contributed by atoms with van der Waals surface area (Å²) in [6.07, 6.45) is 1.76. The van der Waals surface area contributed by atoms with Crippen molar-refractivity contribution in [1.29, 1.82) is 0 Å². The number of thioether (sulfide) groups is 1. The summed E-state index contributed by atoms with van der Waals surface area (Å²) in [4.78, 5) is 15.6. The molecule has 0 aliphatic rings. The van der Waals surface area contributed by atoms with Crippen LogP contribution >= 0.6 is 23.1 Å². The lowest BCUT2D eigenvalue weighted by atomic mass is 10.3. The molecule has 0 saturated carbocycles. The van der Waals surface area contributed by atoms with Crippen LogP contribution in [-0.4, -0.2) is 17.1 Å². The molecule has 0 aromatic carbocycles. The van der Waals surface area contributed by atoms with Gasteiger partial charge < -0.3 is 10.2 Å². The first-order chi connectivity index (χ1) is 7.61. The zero-order chi connectivity index (χ0) is 11.7. The van der Waals surface area contributed by atoms with Gasteiger partial charge in [0.2, 0.25) is 0 Å². The fourth-order valence-corrected chi connectivity index (χ4v) is 2.22. The summed E-state index contributed by atoms with van der Waals surface area (Å²) >= 11 is 2.13. The van der Waals surface area contributed by atoms with Crippen molar-refractivity contribution in [2.24, 2.45) is 5.73 Å². The lowest BCUT2D eigenvalue weighted by Gasteiger charge is -1.91. The normalized spacial score (nSPS) is 10.6. The maximum Gasteiger partial charge on any atom is 0.271 e. The number of primary amides is 1. The van der Waals surface area contributed by atoms with Gasteiger partial charge in [0.25, 0.3) is 11.1 Å². The van der Waals surface area contributed by atoms with E-state index in [2.05, 4.69) is 4.98 Å². The van der Waals surface area contributed by atoms with Crippen molar-refractivity contribution in [2.45, 2.75) is 5.22 Å². The average molecular weight is 258 g/mol. The van der Waals surface area contributed by atoms with E-state index in [1.165, 1.54) is 23.9 Å². The Bertz CT molecular complexity index is 535.